The maximum atomic E-state index is 12.8. The number of methoxy groups -OCH3 is 1. The van der Waals surface area contributed by atoms with Crippen molar-refractivity contribution in [3.05, 3.63) is 41.1 Å². The summed E-state index contributed by atoms with van der Waals surface area (Å²) in [4.78, 5) is 29.4. The van der Waals surface area contributed by atoms with Gasteiger partial charge in [-0.25, -0.2) is 4.79 Å². The Morgan fingerprint density at radius 1 is 1.15 bits per heavy atom. The van der Waals surface area contributed by atoms with Gasteiger partial charge in [-0.3, -0.25) is 9.78 Å². The van der Waals surface area contributed by atoms with Gasteiger partial charge in [0.15, 0.2) is 6.61 Å². The SMILES string of the molecule is COCCNC(=O)COC(=O)c1c2c(nc3ccccc13)CCCCC2. The first kappa shape index (κ1) is 18.3. The third-order valence-electron chi connectivity index (χ3n) is 4.59. The van der Waals surface area contributed by atoms with E-state index in [2.05, 4.69) is 5.32 Å². The predicted molar refractivity (Wildman–Crippen MR) is 98.2 cm³/mol. The van der Waals surface area contributed by atoms with Gasteiger partial charge in [0.2, 0.25) is 0 Å². The molecule has 6 heteroatoms. The Kier molecular flexibility index (Phi) is 6.17. The lowest BCUT2D eigenvalue weighted by Crippen LogP contribution is -2.31. The summed E-state index contributed by atoms with van der Waals surface area (Å²) in [5.41, 5.74) is 3.32. The topological polar surface area (TPSA) is 77.5 Å². The number of pyridine rings is 1. The first-order chi connectivity index (χ1) is 12.7. The zero-order valence-electron chi connectivity index (χ0n) is 15.0. The maximum absolute atomic E-state index is 12.8. The van der Waals surface area contributed by atoms with Crippen LogP contribution in [0.2, 0.25) is 0 Å². The van der Waals surface area contributed by atoms with Crippen molar-refractivity contribution in [1.29, 1.82) is 0 Å². The van der Waals surface area contributed by atoms with Gasteiger partial charge in [0.1, 0.15) is 0 Å². The van der Waals surface area contributed by atoms with Crippen molar-refractivity contribution in [2.24, 2.45) is 0 Å². The molecule has 2 aromatic rings. The second-order valence-electron chi connectivity index (χ2n) is 6.41. The number of carbonyl (C=O) groups excluding carboxylic acids is 2. The second kappa shape index (κ2) is 8.76. The molecule has 3 rings (SSSR count). The molecule has 0 spiro atoms. The Balaban J connectivity index is 1.84. The smallest absolute Gasteiger partial charge is 0.339 e. The third kappa shape index (κ3) is 4.19. The Labute approximate surface area is 152 Å². The van der Waals surface area contributed by atoms with E-state index in [-0.39, 0.29) is 12.5 Å². The molecule has 1 aliphatic rings. The number of esters is 1. The average Bonchev–Trinajstić information content (AvgIpc) is 2.89. The lowest BCUT2D eigenvalue weighted by atomic mass is 9.97. The van der Waals surface area contributed by atoms with E-state index in [9.17, 15) is 9.59 Å². The van der Waals surface area contributed by atoms with E-state index in [4.69, 9.17) is 14.5 Å². The Morgan fingerprint density at radius 3 is 2.81 bits per heavy atom. The van der Waals surface area contributed by atoms with E-state index in [1.807, 2.05) is 24.3 Å². The number of hydrogen-bond acceptors (Lipinski definition) is 5. The molecule has 1 aromatic carbocycles. The van der Waals surface area contributed by atoms with Crippen LogP contribution in [0.4, 0.5) is 0 Å². The van der Waals surface area contributed by atoms with Gasteiger partial charge < -0.3 is 14.8 Å². The summed E-state index contributed by atoms with van der Waals surface area (Å²) in [6.45, 7) is 0.511. The molecule has 1 amide bonds. The minimum Gasteiger partial charge on any atom is -0.452 e. The van der Waals surface area contributed by atoms with E-state index in [1.165, 1.54) is 0 Å². The highest BCUT2D eigenvalue weighted by Gasteiger charge is 2.23. The monoisotopic (exact) mass is 356 g/mol. The lowest BCUT2D eigenvalue weighted by Gasteiger charge is -2.15. The molecule has 0 atom stereocenters. The molecule has 1 aromatic heterocycles. The number of aryl methyl sites for hydroxylation is 1. The van der Waals surface area contributed by atoms with Crippen LogP contribution in [0.5, 0.6) is 0 Å². The third-order valence-corrected chi connectivity index (χ3v) is 4.59. The quantitative estimate of drug-likeness (QED) is 0.489. The van der Waals surface area contributed by atoms with Crippen LogP contribution in [0.3, 0.4) is 0 Å². The molecule has 0 fully saturated rings. The highest BCUT2D eigenvalue weighted by molar-refractivity contribution is 6.05. The van der Waals surface area contributed by atoms with Gasteiger partial charge in [-0.15, -0.1) is 0 Å². The van der Waals surface area contributed by atoms with Crippen LogP contribution >= 0.6 is 0 Å². The summed E-state index contributed by atoms with van der Waals surface area (Å²) >= 11 is 0. The molecule has 0 saturated carbocycles. The zero-order valence-corrected chi connectivity index (χ0v) is 15.0. The summed E-state index contributed by atoms with van der Waals surface area (Å²) in [5, 5.41) is 3.44. The molecular formula is C20H24N2O4. The van der Waals surface area contributed by atoms with E-state index < -0.39 is 5.97 Å². The van der Waals surface area contributed by atoms with E-state index in [1.54, 1.807) is 7.11 Å². The number of amides is 1. The summed E-state index contributed by atoms with van der Waals surface area (Å²) in [6, 6.07) is 7.61. The molecule has 0 unspecified atom stereocenters. The molecule has 0 radical (unpaired) electrons. The number of rotatable bonds is 6. The van der Waals surface area contributed by atoms with Crippen LogP contribution in [0.15, 0.2) is 24.3 Å². The van der Waals surface area contributed by atoms with Crippen LogP contribution in [0.1, 0.15) is 40.9 Å². The predicted octanol–water partition coefficient (Wildman–Crippen LogP) is 2.42. The number of nitrogens with one attached hydrogen (secondary N) is 1. The number of ether oxygens (including phenoxy) is 2. The van der Waals surface area contributed by atoms with Crippen molar-refractivity contribution < 1.29 is 19.1 Å². The number of para-hydroxylation sites is 1. The lowest BCUT2D eigenvalue weighted by molar-refractivity contribution is -0.124. The first-order valence-electron chi connectivity index (χ1n) is 9.04. The van der Waals surface area contributed by atoms with Crippen LogP contribution in [0, 0.1) is 0 Å². The number of hydrogen-bond donors (Lipinski definition) is 1. The highest BCUT2D eigenvalue weighted by atomic mass is 16.5. The zero-order chi connectivity index (χ0) is 18.4. The molecule has 6 nitrogen and oxygen atoms in total. The van der Waals surface area contributed by atoms with Crippen molar-refractivity contribution in [1.82, 2.24) is 10.3 Å². The Bertz CT molecular complexity index is 804. The van der Waals surface area contributed by atoms with E-state index in [0.29, 0.717) is 18.7 Å². The van der Waals surface area contributed by atoms with Gasteiger partial charge in [0, 0.05) is 24.7 Å². The van der Waals surface area contributed by atoms with Crippen molar-refractivity contribution >= 4 is 22.8 Å². The molecular weight excluding hydrogens is 332 g/mol. The molecule has 1 aliphatic carbocycles. The van der Waals surface area contributed by atoms with Crippen LogP contribution in [0.25, 0.3) is 10.9 Å². The molecule has 0 saturated heterocycles. The molecule has 0 bridgehead atoms. The van der Waals surface area contributed by atoms with Crippen LogP contribution < -0.4 is 5.32 Å². The fourth-order valence-electron chi connectivity index (χ4n) is 3.33. The summed E-state index contributed by atoms with van der Waals surface area (Å²) in [5.74, 6) is -0.788. The van der Waals surface area contributed by atoms with Gasteiger partial charge in [-0.05, 0) is 37.3 Å². The molecule has 1 heterocycles. The average molecular weight is 356 g/mol. The number of carbonyl (C=O) groups is 2. The minimum absolute atomic E-state index is 0.298. The van der Waals surface area contributed by atoms with E-state index >= 15 is 0 Å². The number of aromatic nitrogens is 1. The number of fused-ring (bicyclic) bond motifs is 2. The van der Waals surface area contributed by atoms with Gasteiger partial charge in [-0.2, -0.15) is 0 Å². The molecule has 1 N–H and O–H groups in total. The van der Waals surface area contributed by atoms with Crippen molar-refractivity contribution in [2.45, 2.75) is 32.1 Å². The van der Waals surface area contributed by atoms with Crippen molar-refractivity contribution in [2.75, 3.05) is 26.9 Å². The largest absolute Gasteiger partial charge is 0.452 e. The summed E-state index contributed by atoms with van der Waals surface area (Å²) in [7, 11) is 1.56. The standard InChI is InChI=1S/C20H24N2O4/c1-25-12-11-21-18(23)13-26-20(24)19-14-7-3-2-4-9-16(14)22-17-10-6-5-8-15(17)19/h5-6,8,10H,2-4,7,9,11-13H2,1H3,(H,21,23). The van der Waals surface area contributed by atoms with Gasteiger partial charge in [0.25, 0.3) is 5.91 Å². The van der Waals surface area contributed by atoms with Crippen molar-refractivity contribution in [3.8, 4) is 0 Å². The van der Waals surface area contributed by atoms with Crippen LogP contribution in [-0.2, 0) is 27.1 Å². The number of nitrogens with zero attached hydrogens (tertiary/aromatic N) is 1. The fourth-order valence-corrected chi connectivity index (χ4v) is 3.33. The number of benzene rings is 1. The molecule has 138 valence electrons. The highest BCUT2D eigenvalue weighted by Crippen LogP contribution is 2.29. The summed E-state index contributed by atoms with van der Waals surface area (Å²) in [6.07, 6.45) is 4.93. The minimum atomic E-state index is -0.455. The molecule has 26 heavy (non-hydrogen) atoms. The second-order valence-corrected chi connectivity index (χ2v) is 6.41. The maximum Gasteiger partial charge on any atom is 0.339 e. The first-order valence-corrected chi connectivity index (χ1v) is 9.04. The van der Waals surface area contributed by atoms with Gasteiger partial charge in [0.05, 0.1) is 17.7 Å². The Hall–Kier alpha value is -2.47. The van der Waals surface area contributed by atoms with Crippen molar-refractivity contribution in [3.63, 3.8) is 0 Å². The summed E-state index contributed by atoms with van der Waals surface area (Å²) < 4.78 is 10.2. The fraction of sp³-hybridized carbons (Fsp3) is 0.450. The van der Waals surface area contributed by atoms with E-state index in [0.717, 1.165) is 54.3 Å². The molecule has 0 aliphatic heterocycles. The normalized spacial score (nSPS) is 13.7. The van der Waals surface area contributed by atoms with Crippen LogP contribution in [-0.4, -0.2) is 43.7 Å². The van der Waals surface area contributed by atoms with Gasteiger partial charge >= 0.3 is 5.97 Å². The Morgan fingerprint density at radius 2 is 1.96 bits per heavy atom. The van der Waals surface area contributed by atoms with Gasteiger partial charge in [-0.1, -0.05) is 24.6 Å².